The molecule has 1 saturated heterocycles. The van der Waals surface area contributed by atoms with Gasteiger partial charge in [0.25, 0.3) is 5.56 Å². The number of hydrogen-bond acceptors (Lipinski definition) is 7. The standard InChI is InChI=1S/C28H35N7O2/c1-5-21(6-2)35-17-30-24-26(29-16-23-18(3)15-19(4)31-28(23)36)32-25(33-27(24)35)20-7-9-22(10-8-20)34-11-13-37-14-12-34/h7-10,15,17,21H,5-6,11-14,16H2,1-4H3,(H,31,36)(H,29,32,33). The van der Waals surface area contributed by atoms with Crippen molar-refractivity contribution >= 4 is 22.7 Å². The van der Waals surface area contributed by atoms with E-state index in [1.807, 2.05) is 26.2 Å². The fraction of sp³-hybridized carbons (Fsp3) is 0.429. The van der Waals surface area contributed by atoms with Crippen LogP contribution in [0.25, 0.3) is 22.6 Å². The molecule has 0 saturated carbocycles. The molecule has 0 bridgehead atoms. The molecule has 0 aliphatic carbocycles. The van der Waals surface area contributed by atoms with E-state index in [2.05, 4.69) is 62.9 Å². The summed E-state index contributed by atoms with van der Waals surface area (Å²) < 4.78 is 7.64. The van der Waals surface area contributed by atoms with Gasteiger partial charge >= 0.3 is 0 Å². The number of nitrogens with zero attached hydrogens (tertiary/aromatic N) is 5. The first-order chi connectivity index (χ1) is 18.0. The Hall–Kier alpha value is -3.72. The van der Waals surface area contributed by atoms with E-state index >= 15 is 0 Å². The molecule has 4 heterocycles. The van der Waals surface area contributed by atoms with E-state index in [9.17, 15) is 4.79 Å². The summed E-state index contributed by atoms with van der Waals surface area (Å²) >= 11 is 0. The summed E-state index contributed by atoms with van der Waals surface area (Å²) in [5.74, 6) is 1.26. The number of aromatic amines is 1. The Morgan fingerprint density at radius 1 is 1.08 bits per heavy atom. The highest BCUT2D eigenvalue weighted by molar-refractivity contribution is 5.85. The second kappa shape index (κ2) is 10.7. The van der Waals surface area contributed by atoms with Crippen LogP contribution < -0.4 is 15.8 Å². The number of fused-ring (bicyclic) bond motifs is 1. The highest BCUT2D eigenvalue weighted by Crippen LogP contribution is 2.29. The summed E-state index contributed by atoms with van der Waals surface area (Å²) in [5.41, 5.74) is 6.01. The van der Waals surface area contributed by atoms with Crippen molar-refractivity contribution in [3.05, 3.63) is 63.8 Å². The highest BCUT2D eigenvalue weighted by Gasteiger charge is 2.19. The maximum atomic E-state index is 12.6. The van der Waals surface area contributed by atoms with Crippen LogP contribution in [0.3, 0.4) is 0 Å². The van der Waals surface area contributed by atoms with Crippen molar-refractivity contribution in [2.45, 2.75) is 53.1 Å². The number of anilines is 2. The van der Waals surface area contributed by atoms with Gasteiger partial charge in [-0.2, -0.15) is 0 Å². The molecule has 2 N–H and O–H groups in total. The summed E-state index contributed by atoms with van der Waals surface area (Å²) in [6.45, 7) is 11.8. The van der Waals surface area contributed by atoms with Crippen molar-refractivity contribution in [3.8, 4) is 11.4 Å². The average Bonchev–Trinajstić information content (AvgIpc) is 3.33. The number of benzene rings is 1. The summed E-state index contributed by atoms with van der Waals surface area (Å²) in [6.07, 6.45) is 3.82. The van der Waals surface area contributed by atoms with E-state index in [0.29, 0.717) is 35.3 Å². The minimum atomic E-state index is -0.0863. The molecule has 0 amide bonds. The minimum absolute atomic E-state index is 0.0863. The number of imidazole rings is 1. The number of ether oxygens (including phenoxy) is 1. The Morgan fingerprint density at radius 3 is 2.49 bits per heavy atom. The Morgan fingerprint density at radius 2 is 1.81 bits per heavy atom. The van der Waals surface area contributed by atoms with E-state index < -0.39 is 0 Å². The molecule has 0 unspecified atom stereocenters. The van der Waals surface area contributed by atoms with Gasteiger partial charge in [-0.1, -0.05) is 13.8 Å². The zero-order valence-electron chi connectivity index (χ0n) is 22.0. The molecule has 5 rings (SSSR count). The van der Waals surface area contributed by atoms with Gasteiger partial charge in [-0.3, -0.25) is 4.79 Å². The molecule has 0 atom stereocenters. The molecule has 1 aromatic carbocycles. The quantitative estimate of drug-likeness (QED) is 0.364. The van der Waals surface area contributed by atoms with Crippen LogP contribution in [-0.4, -0.2) is 50.8 Å². The van der Waals surface area contributed by atoms with Crippen LogP contribution in [0, 0.1) is 13.8 Å². The lowest BCUT2D eigenvalue weighted by Gasteiger charge is -2.28. The third-order valence-electron chi connectivity index (χ3n) is 7.19. The zero-order valence-corrected chi connectivity index (χ0v) is 22.0. The number of pyridine rings is 1. The van der Waals surface area contributed by atoms with E-state index in [0.717, 1.165) is 61.6 Å². The largest absolute Gasteiger partial charge is 0.378 e. The normalized spacial score (nSPS) is 14.0. The highest BCUT2D eigenvalue weighted by atomic mass is 16.5. The summed E-state index contributed by atoms with van der Waals surface area (Å²) in [4.78, 5) is 32.4. The van der Waals surface area contributed by atoms with Crippen LogP contribution in [0.1, 0.15) is 49.6 Å². The lowest BCUT2D eigenvalue weighted by Crippen LogP contribution is -2.36. The molecular formula is C28H35N7O2. The lowest BCUT2D eigenvalue weighted by atomic mass is 10.1. The van der Waals surface area contributed by atoms with Crippen LogP contribution in [0.5, 0.6) is 0 Å². The molecule has 1 aliphatic heterocycles. The molecule has 1 fully saturated rings. The molecule has 1 aliphatic rings. The molecule has 194 valence electrons. The van der Waals surface area contributed by atoms with Gasteiger partial charge in [0.2, 0.25) is 0 Å². The van der Waals surface area contributed by atoms with Gasteiger partial charge in [0.05, 0.1) is 19.5 Å². The van der Waals surface area contributed by atoms with Gasteiger partial charge in [-0.05, 0) is 62.6 Å². The molecule has 9 heteroatoms. The number of morpholine rings is 1. The predicted octanol–water partition coefficient (Wildman–Crippen LogP) is 4.61. The molecule has 3 aromatic heterocycles. The SMILES string of the molecule is CCC(CC)n1cnc2c(NCc3c(C)cc(C)[nH]c3=O)nc(-c3ccc(N4CCOCC4)cc3)nc21. The number of aromatic nitrogens is 5. The minimum Gasteiger partial charge on any atom is -0.378 e. The van der Waals surface area contributed by atoms with Crippen molar-refractivity contribution in [1.29, 1.82) is 0 Å². The van der Waals surface area contributed by atoms with E-state index in [4.69, 9.17) is 14.7 Å². The number of H-pyrrole nitrogens is 1. The van der Waals surface area contributed by atoms with Gasteiger partial charge in [0.1, 0.15) is 5.52 Å². The topological polar surface area (TPSA) is 101 Å². The van der Waals surface area contributed by atoms with E-state index in [-0.39, 0.29) is 5.56 Å². The third-order valence-corrected chi connectivity index (χ3v) is 7.19. The molecule has 0 spiro atoms. The average molecular weight is 502 g/mol. The van der Waals surface area contributed by atoms with Gasteiger partial charge in [0.15, 0.2) is 17.3 Å². The maximum Gasteiger partial charge on any atom is 0.253 e. The summed E-state index contributed by atoms with van der Waals surface area (Å²) in [7, 11) is 0. The van der Waals surface area contributed by atoms with Crippen LogP contribution in [0.2, 0.25) is 0 Å². The van der Waals surface area contributed by atoms with E-state index in [1.54, 1.807) is 0 Å². The Labute approximate surface area is 216 Å². The van der Waals surface area contributed by atoms with Gasteiger partial charge in [-0.15, -0.1) is 0 Å². The maximum absolute atomic E-state index is 12.6. The number of nitrogens with one attached hydrogen (secondary N) is 2. The number of hydrogen-bond donors (Lipinski definition) is 2. The first-order valence-corrected chi connectivity index (χ1v) is 13.1. The lowest BCUT2D eigenvalue weighted by molar-refractivity contribution is 0.122. The van der Waals surface area contributed by atoms with Crippen molar-refractivity contribution < 1.29 is 4.74 Å². The Bertz CT molecular complexity index is 1430. The van der Waals surface area contributed by atoms with Crippen LogP contribution in [-0.2, 0) is 11.3 Å². The summed E-state index contributed by atoms with van der Waals surface area (Å²) in [6, 6.07) is 10.7. The first-order valence-electron chi connectivity index (χ1n) is 13.1. The number of rotatable bonds is 8. The molecule has 9 nitrogen and oxygen atoms in total. The Balaban J connectivity index is 1.53. The van der Waals surface area contributed by atoms with Crippen molar-refractivity contribution in [1.82, 2.24) is 24.5 Å². The first kappa shape index (κ1) is 25.0. The molecule has 37 heavy (non-hydrogen) atoms. The van der Waals surface area contributed by atoms with Crippen molar-refractivity contribution in [2.24, 2.45) is 0 Å². The fourth-order valence-corrected chi connectivity index (χ4v) is 5.03. The monoisotopic (exact) mass is 501 g/mol. The molecule has 4 aromatic rings. The summed E-state index contributed by atoms with van der Waals surface area (Å²) in [5, 5.41) is 3.40. The second-order valence-electron chi connectivity index (χ2n) is 9.63. The smallest absolute Gasteiger partial charge is 0.253 e. The molecular weight excluding hydrogens is 466 g/mol. The van der Waals surface area contributed by atoms with Gasteiger partial charge in [0, 0.05) is 48.2 Å². The van der Waals surface area contributed by atoms with Crippen LogP contribution in [0.4, 0.5) is 11.5 Å². The fourth-order valence-electron chi connectivity index (χ4n) is 5.03. The van der Waals surface area contributed by atoms with Gasteiger partial charge in [-0.25, -0.2) is 15.0 Å². The predicted molar refractivity (Wildman–Crippen MR) is 147 cm³/mol. The van der Waals surface area contributed by atoms with Gasteiger partial charge < -0.3 is 24.5 Å². The van der Waals surface area contributed by atoms with Crippen LogP contribution in [0.15, 0.2) is 41.5 Å². The van der Waals surface area contributed by atoms with Crippen molar-refractivity contribution in [2.75, 3.05) is 36.5 Å². The van der Waals surface area contributed by atoms with Crippen LogP contribution >= 0.6 is 0 Å². The number of aryl methyl sites for hydroxylation is 2. The zero-order chi connectivity index (χ0) is 25.9. The Kier molecular flexibility index (Phi) is 7.23. The molecule has 0 radical (unpaired) electrons. The second-order valence-corrected chi connectivity index (χ2v) is 9.63. The third kappa shape index (κ3) is 5.09. The van der Waals surface area contributed by atoms with Crippen molar-refractivity contribution in [3.63, 3.8) is 0 Å². The van der Waals surface area contributed by atoms with E-state index in [1.165, 1.54) is 5.69 Å².